The minimum absolute atomic E-state index is 0.143. The average molecular weight is 272 g/mol. The summed E-state index contributed by atoms with van der Waals surface area (Å²) < 4.78 is 0. The predicted molar refractivity (Wildman–Crippen MR) is 73.3 cm³/mol. The molecule has 2 amide bonds. The number of carbonyl (C=O) groups is 3. The standard InChI is InChI=1S/C15H16N2O3/c18-9-10-7-17(8-10)12-3-1-11(2-4-12)13-5-6-14(19)16-15(13)20/h1-4,9-10,13H,5-8H2,(H,16,19,20)/t13-/m1/s1. The summed E-state index contributed by atoms with van der Waals surface area (Å²) in [5, 5.41) is 2.37. The number of benzene rings is 1. The quantitative estimate of drug-likeness (QED) is 0.654. The van der Waals surface area contributed by atoms with Crippen molar-refractivity contribution in [2.45, 2.75) is 18.8 Å². The number of nitrogens with one attached hydrogen (secondary N) is 1. The number of nitrogens with zero attached hydrogens (tertiary/aromatic N) is 1. The molecule has 0 spiro atoms. The molecule has 2 saturated heterocycles. The zero-order valence-corrected chi connectivity index (χ0v) is 11.0. The Morgan fingerprint density at radius 3 is 2.45 bits per heavy atom. The molecule has 2 aliphatic heterocycles. The summed E-state index contributed by atoms with van der Waals surface area (Å²) in [6.07, 6.45) is 1.96. The van der Waals surface area contributed by atoms with Gasteiger partial charge in [0.1, 0.15) is 6.29 Å². The van der Waals surface area contributed by atoms with Gasteiger partial charge in [0, 0.05) is 31.1 Å². The van der Waals surface area contributed by atoms with Crippen LogP contribution in [0.5, 0.6) is 0 Å². The highest BCUT2D eigenvalue weighted by atomic mass is 16.2. The van der Waals surface area contributed by atoms with E-state index in [1.54, 1.807) is 0 Å². The molecule has 1 aromatic rings. The molecule has 0 unspecified atom stereocenters. The summed E-state index contributed by atoms with van der Waals surface area (Å²) >= 11 is 0. The lowest BCUT2D eigenvalue weighted by Gasteiger charge is -2.38. The number of hydrogen-bond acceptors (Lipinski definition) is 4. The van der Waals surface area contributed by atoms with Crippen LogP contribution in [0.25, 0.3) is 0 Å². The second-order valence-electron chi connectivity index (χ2n) is 5.40. The Morgan fingerprint density at radius 2 is 1.85 bits per heavy atom. The molecule has 3 rings (SSSR count). The van der Waals surface area contributed by atoms with E-state index in [9.17, 15) is 14.4 Å². The number of imide groups is 1. The lowest BCUT2D eigenvalue weighted by atomic mass is 9.90. The van der Waals surface area contributed by atoms with E-state index in [2.05, 4.69) is 10.2 Å². The van der Waals surface area contributed by atoms with E-state index in [-0.39, 0.29) is 23.7 Å². The van der Waals surface area contributed by atoms with Gasteiger partial charge < -0.3 is 9.69 Å². The Hall–Kier alpha value is -2.17. The van der Waals surface area contributed by atoms with E-state index in [4.69, 9.17) is 0 Å². The highest BCUT2D eigenvalue weighted by Crippen LogP contribution is 2.28. The lowest BCUT2D eigenvalue weighted by Crippen LogP contribution is -2.47. The van der Waals surface area contributed by atoms with Crippen LogP contribution in [0.3, 0.4) is 0 Å². The molecule has 1 N–H and O–H groups in total. The molecule has 104 valence electrons. The molecule has 0 saturated carbocycles. The molecule has 2 aliphatic rings. The summed E-state index contributed by atoms with van der Waals surface area (Å²) in [5.41, 5.74) is 2.00. The van der Waals surface area contributed by atoms with Crippen molar-refractivity contribution in [2.75, 3.05) is 18.0 Å². The van der Waals surface area contributed by atoms with Gasteiger partial charge in [0.2, 0.25) is 11.8 Å². The van der Waals surface area contributed by atoms with Crippen LogP contribution in [-0.2, 0) is 14.4 Å². The van der Waals surface area contributed by atoms with E-state index < -0.39 is 0 Å². The third-order valence-electron chi connectivity index (χ3n) is 4.00. The second kappa shape index (κ2) is 5.07. The highest BCUT2D eigenvalue weighted by molar-refractivity contribution is 6.00. The van der Waals surface area contributed by atoms with Crippen molar-refractivity contribution in [3.05, 3.63) is 29.8 Å². The first-order chi connectivity index (χ1) is 9.67. The molecule has 0 aromatic heterocycles. The lowest BCUT2D eigenvalue weighted by molar-refractivity contribution is -0.134. The van der Waals surface area contributed by atoms with Crippen molar-refractivity contribution in [3.63, 3.8) is 0 Å². The Kier molecular flexibility index (Phi) is 3.26. The number of aldehydes is 1. The predicted octanol–water partition coefficient (Wildman–Crippen LogP) is 0.842. The average Bonchev–Trinajstić information content (AvgIpc) is 2.39. The topological polar surface area (TPSA) is 66.5 Å². The van der Waals surface area contributed by atoms with E-state index in [0.717, 1.165) is 30.6 Å². The summed E-state index contributed by atoms with van der Waals surface area (Å²) in [7, 11) is 0. The maximum Gasteiger partial charge on any atom is 0.234 e. The van der Waals surface area contributed by atoms with Crippen molar-refractivity contribution in [1.82, 2.24) is 5.32 Å². The molecule has 1 atom stereocenters. The van der Waals surface area contributed by atoms with Gasteiger partial charge in [-0.2, -0.15) is 0 Å². The Bertz CT molecular complexity index is 547. The molecule has 2 fully saturated rings. The molecule has 20 heavy (non-hydrogen) atoms. The van der Waals surface area contributed by atoms with Gasteiger partial charge in [-0.05, 0) is 24.1 Å². The molecule has 5 heteroatoms. The van der Waals surface area contributed by atoms with Gasteiger partial charge >= 0.3 is 0 Å². The monoisotopic (exact) mass is 272 g/mol. The Labute approximate surface area is 116 Å². The van der Waals surface area contributed by atoms with E-state index in [1.165, 1.54) is 0 Å². The number of anilines is 1. The van der Waals surface area contributed by atoms with Gasteiger partial charge in [-0.25, -0.2) is 0 Å². The number of carbonyl (C=O) groups excluding carboxylic acids is 3. The summed E-state index contributed by atoms with van der Waals surface area (Å²) in [6.45, 7) is 1.53. The largest absolute Gasteiger partial charge is 0.370 e. The van der Waals surface area contributed by atoms with E-state index in [0.29, 0.717) is 12.8 Å². The SMILES string of the molecule is O=CC1CN(c2ccc([C@H]3CCC(=O)NC3=O)cc2)C1. The fourth-order valence-electron chi connectivity index (χ4n) is 2.74. The zero-order valence-electron chi connectivity index (χ0n) is 11.0. The van der Waals surface area contributed by atoms with Crippen LogP contribution in [0.4, 0.5) is 5.69 Å². The van der Waals surface area contributed by atoms with Crippen molar-refractivity contribution >= 4 is 23.8 Å². The van der Waals surface area contributed by atoms with Gasteiger partial charge in [-0.3, -0.25) is 14.9 Å². The maximum atomic E-state index is 11.8. The first kappa shape index (κ1) is 12.8. The van der Waals surface area contributed by atoms with Crippen molar-refractivity contribution in [1.29, 1.82) is 0 Å². The van der Waals surface area contributed by atoms with Gasteiger partial charge in [0.05, 0.1) is 5.92 Å². The summed E-state index contributed by atoms with van der Waals surface area (Å²) in [4.78, 5) is 35.6. The number of hydrogen-bond donors (Lipinski definition) is 1. The van der Waals surface area contributed by atoms with Gasteiger partial charge in [0.15, 0.2) is 0 Å². The first-order valence-corrected chi connectivity index (χ1v) is 6.81. The van der Waals surface area contributed by atoms with Gasteiger partial charge in [-0.15, -0.1) is 0 Å². The first-order valence-electron chi connectivity index (χ1n) is 6.81. The maximum absolute atomic E-state index is 11.8. The van der Waals surface area contributed by atoms with Crippen LogP contribution in [0.2, 0.25) is 0 Å². The van der Waals surface area contributed by atoms with Crippen molar-refractivity contribution < 1.29 is 14.4 Å². The zero-order chi connectivity index (χ0) is 14.1. The Balaban J connectivity index is 1.69. The Morgan fingerprint density at radius 1 is 1.15 bits per heavy atom. The molecular formula is C15H16N2O3. The molecule has 2 heterocycles. The summed E-state index contributed by atoms with van der Waals surface area (Å²) in [6, 6.07) is 7.81. The molecule has 0 aliphatic carbocycles. The smallest absolute Gasteiger partial charge is 0.234 e. The van der Waals surface area contributed by atoms with Gasteiger partial charge in [-0.1, -0.05) is 12.1 Å². The normalized spacial score (nSPS) is 23.2. The second-order valence-corrected chi connectivity index (χ2v) is 5.40. The summed E-state index contributed by atoms with van der Waals surface area (Å²) in [5.74, 6) is -0.493. The third-order valence-corrected chi connectivity index (χ3v) is 4.00. The van der Waals surface area contributed by atoms with E-state index in [1.807, 2.05) is 24.3 Å². The number of rotatable bonds is 3. The van der Waals surface area contributed by atoms with Crippen molar-refractivity contribution in [2.24, 2.45) is 5.92 Å². The van der Waals surface area contributed by atoms with Crippen LogP contribution in [0.15, 0.2) is 24.3 Å². The van der Waals surface area contributed by atoms with Crippen LogP contribution < -0.4 is 10.2 Å². The van der Waals surface area contributed by atoms with Crippen molar-refractivity contribution in [3.8, 4) is 0 Å². The highest BCUT2D eigenvalue weighted by Gasteiger charge is 2.29. The van der Waals surface area contributed by atoms with Gasteiger partial charge in [0.25, 0.3) is 0 Å². The molecule has 1 aromatic carbocycles. The molecular weight excluding hydrogens is 256 g/mol. The minimum atomic E-state index is -0.235. The van der Waals surface area contributed by atoms with Crippen LogP contribution >= 0.6 is 0 Å². The molecule has 0 radical (unpaired) electrons. The number of piperidine rings is 1. The fourth-order valence-corrected chi connectivity index (χ4v) is 2.74. The number of amides is 2. The van der Waals surface area contributed by atoms with Crippen LogP contribution in [-0.4, -0.2) is 31.2 Å². The molecule has 0 bridgehead atoms. The minimum Gasteiger partial charge on any atom is -0.370 e. The van der Waals surface area contributed by atoms with Crippen LogP contribution in [0, 0.1) is 5.92 Å². The fraction of sp³-hybridized carbons (Fsp3) is 0.400. The molecule has 5 nitrogen and oxygen atoms in total. The van der Waals surface area contributed by atoms with E-state index >= 15 is 0 Å². The third kappa shape index (κ3) is 2.31. The van der Waals surface area contributed by atoms with Crippen LogP contribution in [0.1, 0.15) is 24.3 Å².